The van der Waals surface area contributed by atoms with Crippen molar-refractivity contribution < 1.29 is 23.2 Å². The number of rotatable bonds is 7. The van der Waals surface area contributed by atoms with Crippen LogP contribution in [0.5, 0.6) is 0 Å². The Morgan fingerprint density at radius 3 is 2.07 bits per heavy atom. The molecule has 0 unspecified atom stereocenters. The van der Waals surface area contributed by atoms with Crippen molar-refractivity contribution in [3.05, 3.63) is 65.7 Å². The smallest absolute Gasteiger partial charge is 0.251 e. The maximum absolute atomic E-state index is 12.8. The summed E-state index contributed by atoms with van der Waals surface area (Å²) in [6.45, 7) is 1.59. The topological polar surface area (TPSA) is 87.3 Å². The second-order valence-electron chi connectivity index (χ2n) is 5.85. The van der Waals surface area contributed by atoms with Crippen LogP contribution in [0.25, 0.3) is 0 Å². The quantitative estimate of drug-likeness (QED) is 0.615. The lowest BCUT2D eigenvalue weighted by Crippen LogP contribution is -2.45. The van der Waals surface area contributed by atoms with Crippen LogP contribution in [0.1, 0.15) is 12.5 Å². The van der Waals surface area contributed by atoms with E-state index >= 15 is 0 Å². The first-order chi connectivity index (χ1) is 13.3. The van der Waals surface area contributed by atoms with Crippen molar-refractivity contribution in [1.29, 1.82) is 0 Å². The number of hydrogen-bond donors (Lipinski definition) is 3. The van der Waals surface area contributed by atoms with Crippen LogP contribution >= 0.6 is 11.8 Å². The molecule has 0 saturated heterocycles. The third-order valence-electron chi connectivity index (χ3n) is 3.56. The second kappa shape index (κ2) is 10.4. The molecular weight excluding hydrogens is 388 g/mol. The van der Waals surface area contributed by atoms with E-state index in [0.29, 0.717) is 11.3 Å². The molecule has 0 aromatic heterocycles. The molecule has 0 bridgehead atoms. The lowest BCUT2D eigenvalue weighted by molar-refractivity contribution is -0.128. The van der Waals surface area contributed by atoms with Crippen LogP contribution < -0.4 is 16.2 Å². The van der Waals surface area contributed by atoms with Crippen LogP contribution in [0, 0.1) is 11.6 Å². The lowest BCUT2D eigenvalue weighted by atomic mass is 10.1. The molecule has 28 heavy (non-hydrogen) atoms. The van der Waals surface area contributed by atoms with Crippen molar-refractivity contribution in [2.45, 2.75) is 18.6 Å². The summed E-state index contributed by atoms with van der Waals surface area (Å²) >= 11 is 1.08. The van der Waals surface area contributed by atoms with E-state index in [0.717, 1.165) is 11.8 Å². The Hall–Kier alpha value is -2.94. The average Bonchev–Trinajstić information content (AvgIpc) is 2.67. The number of carbonyl (C=O) groups excluding carboxylic acids is 3. The summed E-state index contributed by atoms with van der Waals surface area (Å²) < 4.78 is 25.7. The number of benzene rings is 2. The van der Waals surface area contributed by atoms with E-state index in [1.165, 1.54) is 48.5 Å². The summed E-state index contributed by atoms with van der Waals surface area (Å²) in [6, 6.07) is 10.8. The summed E-state index contributed by atoms with van der Waals surface area (Å²) in [5, 5.41) is 2.00. The van der Waals surface area contributed by atoms with Crippen molar-refractivity contribution in [3.8, 4) is 0 Å². The summed E-state index contributed by atoms with van der Waals surface area (Å²) in [4.78, 5) is 35.6. The first-order valence-electron chi connectivity index (χ1n) is 8.33. The Kier molecular flexibility index (Phi) is 7.94. The summed E-state index contributed by atoms with van der Waals surface area (Å²) in [6.07, 6.45) is -0.0117. The zero-order valence-corrected chi connectivity index (χ0v) is 15.8. The number of halogens is 2. The number of nitrogens with one attached hydrogen (secondary N) is 3. The Labute approximate surface area is 165 Å². The van der Waals surface area contributed by atoms with Gasteiger partial charge in [-0.05, 0) is 48.9 Å². The molecule has 6 nitrogen and oxygen atoms in total. The number of thioether (sulfide) groups is 1. The monoisotopic (exact) mass is 407 g/mol. The maximum Gasteiger partial charge on any atom is 0.251 e. The van der Waals surface area contributed by atoms with Gasteiger partial charge in [0.25, 0.3) is 5.91 Å². The normalized spacial score (nSPS) is 11.4. The molecule has 0 spiro atoms. The van der Waals surface area contributed by atoms with Gasteiger partial charge in [0.15, 0.2) is 0 Å². The van der Waals surface area contributed by atoms with Gasteiger partial charge in [0, 0.05) is 5.69 Å². The molecule has 0 fully saturated rings. The molecule has 0 aliphatic heterocycles. The van der Waals surface area contributed by atoms with Crippen LogP contribution in [0.2, 0.25) is 0 Å². The van der Waals surface area contributed by atoms with Crippen LogP contribution in [0.4, 0.5) is 14.5 Å². The summed E-state index contributed by atoms with van der Waals surface area (Å²) in [5.74, 6) is -2.05. The Morgan fingerprint density at radius 2 is 1.46 bits per heavy atom. The van der Waals surface area contributed by atoms with Gasteiger partial charge >= 0.3 is 0 Å². The van der Waals surface area contributed by atoms with Crippen molar-refractivity contribution >= 4 is 35.2 Å². The third kappa shape index (κ3) is 7.36. The minimum Gasteiger partial charge on any atom is -0.325 e. The maximum atomic E-state index is 12.8. The fraction of sp³-hybridized carbons (Fsp3) is 0.211. The van der Waals surface area contributed by atoms with E-state index in [1.54, 1.807) is 6.92 Å². The fourth-order valence-electron chi connectivity index (χ4n) is 2.07. The number of hydrazine groups is 1. The Bertz CT molecular complexity index is 829. The molecule has 2 rings (SSSR count). The van der Waals surface area contributed by atoms with E-state index in [2.05, 4.69) is 16.2 Å². The van der Waals surface area contributed by atoms with Crippen LogP contribution in [0.15, 0.2) is 48.5 Å². The highest BCUT2D eigenvalue weighted by Gasteiger charge is 2.16. The minimum atomic E-state index is -0.593. The highest BCUT2D eigenvalue weighted by molar-refractivity contribution is 8.01. The van der Waals surface area contributed by atoms with E-state index in [4.69, 9.17) is 0 Å². The van der Waals surface area contributed by atoms with Gasteiger partial charge in [-0.25, -0.2) is 8.78 Å². The Morgan fingerprint density at radius 1 is 0.893 bits per heavy atom. The highest BCUT2D eigenvalue weighted by atomic mass is 32.2. The first kappa shape index (κ1) is 21.4. The van der Waals surface area contributed by atoms with Crippen LogP contribution in [0.3, 0.4) is 0 Å². The second-order valence-corrected chi connectivity index (χ2v) is 7.18. The van der Waals surface area contributed by atoms with Gasteiger partial charge in [-0.15, -0.1) is 11.8 Å². The average molecular weight is 407 g/mol. The van der Waals surface area contributed by atoms with Gasteiger partial charge in [0.2, 0.25) is 11.8 Å². The molecule has 3 amide bonds. The molecule has 2 aromatic rings. The van der Waals surface area contributed by atoms with Gasteiger partial charge in [0.05, 0.1) is 17.4 Å². The lowest BCUT2D eigenvalue weighted by Gasteiger charge is -2.13. The molecule has 0 aliphatic rings. The highest BCUT2D eigenvalue weighted by Crippen LogP contribution is 2.13. The van der Waals surface area contributed by atoms with Gasteiger partial charge in [-0.2, -0.15) is 0 Å². The van der Waals surface area contributed by atoms with Crippen molar-refractivity contribution in [2.24, 2.45) is 0 Å². The molecule has 0 heterocycles. The van der Waals surface area contributed by atoms with Crippen LogP contribution in [-0.4, -0.2) is 28.7 Å². The van der Waals surface area contributed by atoms with Crippen molar-refractivity contribution in [1.82, 2.24) is 10.9 Å². The summed E-state index contributed by atoms with van der Waals surface area (Å²) in [7, 11) is 0. The fourth-order valence-corrected chi connectivity index (χ4v) is 2.76. The van der Waals surface area contributed by atoms with Crippen molar-refractivity contribution in [2.75, 3.05) is 11.1 Å². The molecular formula is C19H19F2N3O3S. The van der Waals surface area contributed by atoms with Crippen LogP contribution in [-0.2, 0) is 20.8 Å². The van der Waals surface area contributed by atoms with E-state index in [1.807, 2.05) is 0 Å². The molecule has 0 saturated carbocycles. The third-order valence-corrected chi connectivity index (χ3v) is 4.71. The van der Waals surface area contributed by atoms with Gasteiger partial charge < -0.3 is 5.32 Å². The molecule has 2 aromatic carbocycles. The molecule has 148 valence electrons. The predicted octanol–water partition coefficient (Wildman–Crippen LogP) is 2.42. The number of hydrogen-bond acceptors (Lipinski definition) is 4. The largest absolute Gasteiger partial charge is 0.325 e. The number of carbonyl (C=O) groups is 3. The van der Waals surface area contributed by atoms with Crippen molar-refractivity contribution in [3.63, 3.8) is 0 Å². The first-order valence-corrected chi connectivity index (χ1v) is 9.38. The van der Waals surface area contributed by atoms with E-state index in [-0.39, 0.29) is 18.1 Å². The van der Waals surface area contributed by atoms with E-state index < -0.39 is 28.7 Å². The Balaban J connectivity index is 1.68. The molecule has 0 aliphatic carbocycles. The zero-order chi connectivity index (χ0) is 20.5. The minimum absolute atomic E-state index is 0.00941. The SMILES string of the molecule is C[C@H](SCC(=O)Nc1ccc(F)cc1)C(=O)NNC(=O)Cc1ccc(F)cc1. The molecule has 0 radical (unpaired) electrons. The molecule has 3 N–H and O–H groups in total. The van der Waals surface area contributed by atoms with Gasteiger partial charge in [0.1, 0.15) is 11.6 Å². The standard InChI is InChI=1S/C19H19F2N3O3S/c1-12(28-11-18(26)22-16-8-6-15(21)7-9-16)19(27)24-23-17(25)10-13-2-4-14(20)5-3-13/h2-9,12H,10-11H2,1H3,(H,22,26)(H,23,25)(H,24,27)/t12-/m0/s1. The number of amides is 3. The van der Waals surface area contributed by atoms with Gasteiger partial charge in [-0.3, -0.25) is 25.2 Å². The van der Waals surface area contributed by atoms with E-state index in [9.17, 15) is 23.2 Å². The zero-order valence-electron chi connectivity index (χ0n) is 15.0. The molecule has 1 atom stereocenters. The number of anilines is 1. The van der Waals surface area contributed by atoms with Gasteiger partial charge in [-0.1, -0.05) is 12.1 Å². The molecule has 9 heteroatoms. The summed E-state index contributed by atoms with van der Waals surface area (Å²) in [5.41, 5.74) is 5.62. The predicted molar refractivity (Wildman–Crippen MR) is 103 cm³/mol.